The number of rotatable bonds is 7. The Morgan fingerprint density at radius 1 is 0.958 bits per heavy atom. The molecule has 0 saturated carbocycles. The predicted octanol–water partition coefficient (Wildman–Crippen LogP) is 2.75. The maximum absolute atomic E-state index is 12.3. The molecule has 0 aliphatic rings. The summed E-state index contributed by atoms with van der Waals surface area (Å²) in [5, 5.41) is 2.76. The van der Waals surface area contributed by atoms with Gasteiger partial charge in [0.1, 0.15) is 12.4 Å². The van der Waals surface area contributed by atoms with Gasteiger partial charge in [0.25, 0.3) is 5.91 Å². The molecule has 0 heterocycles. The highest BCUT2D eigenvalue weighted by atomic mass is 16.6. The van der Waals surface area contributed by atoms with E-state index in [1.807, 2.05) is 0 Å². The summed E-state index contributed by atoms with van der Waals surface area (Å²) < 4.78 is 15.0. The second kappa shape index (κ2) is 8.69. The normalized spacial score (nSPS) is 10.1. The van der Waals surface area contributed by atoms with Crippen LogP contribution >= 0.6 is 0 Å². The zero-order valence-corrected chi connectivity index (χ0v) is 13.6. The van der Waals surface area contributed by atoms with Crippen molar-refractivity contribution in [2.45, 2.75) is 0 Å². The molecule has 0 aliphatic carbocycles. The molecule has 0 atom stereocenters. The number of esters is 1. The third-order valence-corrected chi connectivity index (χ3v) is 3.25. The van der Waals surface area contributed by atoms with Gasteiger partial charge in [0.05, 0.1) is 24.8 Å². The standard InChI is InChI=1S/C18H19NO5/c1-22-11-12-24-18(21)13-7-9-14(10-8-13)19-17(20)15-5-3-4-6-16(15)23-2/h3-10H,11-12H2,1-2H3,(H,19,20). The first-order chi connectivity index (χ1) is 11.7. The van der Waals surface area contributed by atoms with Crippen LogP contribution < -0.4 is 10.1 Å². The summed E-state index contributed by atoms with van der Waals surface area (Å²) in [5.41, 5.74) is 1.41. The SMILES string of the molecule is COCCOC(=O)c1ccc(NC(=O)c2ccccc2OC)cc1. The van der Waals surface area contributed by atoms with Crippen molar-refractivity contribution < 1.29 is 23.8 Å². The number of amides is 1. The molecule has 0 bridgehead atoms. The summed E-state index contributed by atoms with van der Waals surface area (Å²) in [5.74, 6) is -0.231. The molecule has 0 radical (unpaired) electrons. The Kier molecular flexibility index (Phi) is 6.33. The highest BCUT2D eigenvalue weighted by Crippen LogP contribution is 2.19. The second-order valence-electron chi connectivity index (χ2n) is 4.86. The van der Waals surface area contributed by atoms with E-state index in [0.717, 1.165) is 0 Å². The highest BCUT2D eigenvalue weighted by molar-refractivity contribution is 6.06. The lowest BCUT2D eigenvalue weighted by atomic mass is 10.1. The molecular weight excluding hydrogens is 310 g/mol. The zero-order valence-electron chi connectivity index (χ0n) is 13.6. The maximum Gasteiger partial charge on any atom is 0.338 e. The van der Waals surface area contributed by atoms with Crippen LogP contribution in [0, 0.1) is 0 Å². The Morgan fingerprint density at radius 2 is 1.67 bits per heavy atom. The summed E-state index contributed by atoms with van der Waals surface area (Å²) >= 11 is 0. The minimum Gasteiger partial charge on any atom is -0.496 e. The third-order valence-electron chi connectivity index (χ3n) is 3.25. The van der Waals surface area contributed by atoms with E-state index < -0.39 is 5.97 Å². The first-order valence-electron chi connectivity index (χ1n) is 7.36. The minimum absolute atomic E-state index is 0.196. The third kappa shape index (κ3) is 4.57. The molecule has 0 aliphatic heterocycles. The van der Waals surface area contributed by atoms with E-state index in [1.54, 1.807) is 48.5 Å². The van der Waals surface area contributed by atoms with Crippen molar-refractivity contribution in [1.29, 1.82) is 0 Å². The Morgan fingerprint density at radius 3 is 2.33 bits per heavy atom. The van der Waals surface area contributed by atoms with E-state index in [0.29, 0.717) is 29.2 Å². The lowest BCUT2D eigenvalue weighted by Crippen LogP contribution is -2.13. The number of para-hydroxylation sites is 1. The van der Waals surface area contributed by atoms with Crippen molar-refractivity contribution in [3.63, 3.8) is 0 Å². The van der Waals surface area contributed by atoms with Gasteiger partial charge in [0, 0.05) is 12.8 Å². The number of ether oxygens (including phenoxy) is 3. The number of nitrogens with one attached hydrogen (secondary N) is 1. The molecule has 0 fully saturated rings. The van der Waals surface area contributed by atoms with Gasteiger partial charge in [0.15, 0.2) is 0 Å². The second-order valence-corrected chi connectivity index (χ2v) is 4.86. The van der Waals surface area contributed by atoms with Crippen LogP contribution in [0.3, 0.4) is 0 Å². The van der Waals surface area contributed by atoms with Crippen LogP contribution in [-0.4, -0.2) is 39.3 Å². The fraction of sp³-hybridized carbons (Fsp3) is 0.222. The number of anilines is 1. The lowest BCUT2D eigenvalue weighted by molar-refractivity contribution is 0.0388. The summed E-state index contributed by atoms with van der Waals surface area (Å²) in [6, 6.07) is 13.4. The monoisotopic (exact) mass is 329 g/mol. The Balaban J connectivity index is 2.01. The number of benzene rings is 2. The van der Waals surface area contributed by atoms with Gasteiger partial charge in [-0.3, -0.25) is 4.79 Å². The van der Waals surface area contributed by atoms with Crippen LogP contribution in [0.4, 0.5) is 5.69 Å². The maximum atomic E-state index is 12.3. The van der Waals surface area contributed by atoms with Crippen LogP contribution in [0.5, 0.6) is 5.75 Å². The fourth-order valence-corrected chi connectivity index (χ4v) is 2.02. The highest BCUT2D eigenvalue weighted by Gasteiger charge is 2.12. The van der Waals surface area contributed by atoms with Crippen molar-refractivity contribution >= 4 is 17.6 Å². The largest absolute Gasteiger partial charge is 0.496 e. The molecule has 0 spiro atoms. The van der Waals surface area contributed by atoms with Gasteiger partial charge in [-0.15, -0.1) is 0 Å². The molecule has 126 valence electrons. The predicted molar refractivity (Wildman–Crippen MR) is 89.5 cm³/mol. The molecule has 2 aromatic rings. The minimum atomic E-state index is -0.436. The summed E-state index contributed by atoms with van der Waals surface area (Å²) in [6.07, 6.45) is 0. The molecular formula is C18H19NO5. The van der Waals surface area contributed by atoms with Crippen LogP contribution in [0.1, 0.15) is 20.7 Å². The van der Waals surface area contributed by atoms with Gasteiger partial charge in [-0.05, 0) is 36.4 Å². The van der Waals surface area contributed by atoms with Crippen molar-refractivity contribution in [2.75, 3.05) is 32.8 Å². The molecule has 6 nitrogen and oxygen atoms in total. The molecule has 24 heavy (non-hydrogen) atoms. The first-order valence-corrected chi connectivity index (χ1v) is 7.36. The van der Waals surface area contributed by atoms with Crippen LogP contribution in [-0.2, 0) is 9.47 Å². The van der Waals surface area contributed by atoms with Crippen molar-refractivity contribution in [1.82, 2.24) is 0 Å². The molecule has 1 N–H and O–H groups in total. The zero-order chi connectivity index (χ0) is 17.4. The van der Waals surface area contributed by atoms with Crippen molar-refractivity contribution in [2.24, 2.45) is 0 Å². The smallest absolute Gasteiger partial charge is 0.338 e. The van der Waals surface area contributed by atoms with Gasteiger partial charge in [-0.1, -0.05) is 12.1 Å². The molecule has 0 aromatic heterocycles. The number of hydrogen-bond donors (Lipinski definition) is 1. The van der Waals surface area contributed by atoms with Crippen molar-refractivity contribution in [3.8, 4) is 5.75 Å². The average Bonchev–Trinajstić information content (AvgIpc) is 2.62. The molecule has 6 heteroatoms. The number of hydrogen-bond acceptors (Lipinski definition) is 5. The van der Waals surface area contributed by atoms with Gasteiger partial charge in [0.2, 0.25) is 0 Å². The Bertz CT molecular complexity index is 697. The van der Waals surface area contributed by atoms with E-state index >= 15 is 0 Å². The van der Waals surface area contributed by atoms with Crippen LogP contribution in [0.15, 0.2) is 48.5 Å². The summed E-state index contributed by atoms with van der Waals surface area (Å²) in [4.78, 5) is 24.1. The van der Waals surface area contributed by atoms with Gasteiger partial charge >= 0.3 is 5.97 Å². The summed E-state index contributed by atoms with van der Waals surface area (Å²) in [7, 11) is 3.04. The first kappa shape index (κ1) is 17.5. The summed E-state index contributed by atoms with van der Waals surface area (Å²) in [6.45, 7) is 0.542. The Labute approximate surface area is 140 Å². The van der Waals surface area contributed by atoms with Crippen molar-refractivity contribution in [3.05, 3.63) is 59.7 Å². The van der Waals surface area contributed by atoms with E-state index in [2.05, 4.69) is 5.32 Å². The quantitative estimate of drug-likeness (QED) is 0.624. The van der Waals surface area contributed by atoms with Crippen LogP contribution in [0.2, 0.25) is 0 Å². The average molecular weight is 329 g/mol. The molecule has 2 rings (SSSR count). The Hall–Kier alpha value is -2.86. The molecule has 2 aromatic carbocycles. The molecule has 0 saturated heterocycles. The van der Waals surface area contributed by atoms with Crippen LogP contribution in [0.25, 0.3) is 0 Å². The fourth-order valence-electron chi connectivity index (χ4n) is 2.02. The van der Waals surface area contributed by atoms with Gasteiger partial charge in [-0.2, -0.15) is 0 Å². The van der Waals surface area contributed by atoms with E-state index in [1.165, 1.54) is 14.2 Å². The number of methoxy groups -OCH3 is 2. The van der Waals surface area contributed by atoms with Gasteiger partial charge in [-0.25, -0.2) is 4.79 Å². The molecule has 0 unspecified atom stereocenters. The number of carbonyl (C=O) groups is 2. The van der Waals surface area contributed by atoms with Gasteiger partial charge < -0.3 is 19.5 Å². The van der Waals surface area contributed by atoms with E-state index in [4.69, 9.17) is 14.2 Å². The topological polar surface area (TPSA) is 73.9 Å². The number of carbonyl (C=O) groups excluding carboxylic acids is 2. The lowest BCUT2D eigenvalue weighted by Gasteiger charge is -2.09. The van der Waals surface area contributed by atoms with E-state index in [9.17, 15) is 9.59 Å². The van der Waals surface area contributed by atoms with E-state index in [-0.39, 0.29) is 12.5 Å². The molecule has 1 amide bonds.